The number of amides is 3. The maximum Gasteiger partial charge on any atom is 0.321 e. The zero-order chi connectivity index (χ0) is 13.7. The van der Waals surface area contributed by atoms with E-state index >= 15 is 0 Å². The van der Waals surface area contributed by atoms with Crippen molar-refractivity contribution < 1.29 is 9.59 Å². The van der Waals surface area contributed by atoms with Gasteiger partial charge in [-0.3, -0.25) is 15.0 Å². The molecule has 1 rings (SSSR count). The van der Waals surface area contributed by atoms with Crippen molar-refractivity contribution >= 4 is 11.9 Å². The molecule has 104 valence electrons. The van der Waals surface area contributed by atoms with Crippen LogP contribution in [0.5, 0.6) is 0 Å². The second-order valence-electron chi connectivity index (χ2n) is 4.90. The van der Waals surface area contributed by atoms with Gasteiger partial charge in [-0.25, -0.2) is 4.79 Å². The SMILES string of the molecule is CNC(=O)NC(=O)C(C)N1CCCC(C)C1CN. The Hall–Kier alpha value is -1.14. The van der Waals surface area contributed by atoms with Crippen LogP contribution in [0, 0.1) is 5.92 Å². The summed E-state index contributed by atoms with van der Waals surface area (Å²) < 4.78 is 0. The largest absolute Gasteiger partial charge is 0.341 e. The van der Waals surface area contributed by atoms with Crippen molar-refractivity contribution in [3.8, 4) is 0 Å². The number of likely N-dealkylation sites (tertiary alicyclic amines) is 1. The first-order valence-corrected chi connectivity index (χ1v) is 6.49. The van der Waals surface area contributed by atoms with Gasteiger partial charge in [0.15, 0.2) is 0 Å². The van der Waals surface area contributed by atoms with Gasteiger partial charge in [-0.2, -0.15) is 0 Å². The van der Waals surface area contributed by atoms with Crippen LogP contribution in [0.15, 0.2) is 0 Å². The molecule has 0 aromatic rings. The molecule has 0 aromatic heterocycles. The van der Waals surface area contributed by atoms with E-state index < -0.39 is 6.03 Å². The number of imide groups is 1. The summed E-state index contributed by atoms with van der Waals surface area (Å²) in [5.41, 5.74) is 5.80. The predicted molar refractivity (Wildman–Crippen MR) is 70.0 cm³/mol. The first kappa shape index (κ1) is 14.9. The van der Waals surface area contributed by atoms with E-state index in [2.05, 4.69) is 22.5 Å². The molecule has 0 aliphatic carbocycles. The lowest BCUT2D eigenvalue weighted by Crippen LogP contribution is -2.57. The van der Waals surface area contributed by atoms with Crippen molar-refractivity contribution in [3.05, 3.63) is 0 Å². The van der Waals surface area contributed by atoms with Gasteiger partial charge in [0.2, 0.25) is 5.91 Å². The second kappa shape index (κ2) is 6.70. The molecular weight excluding hydrogens is 232 g/mol. The summed E-state index contributed by atoms with van der Waals surface area (Å²) in [6.07, 6.45) is 2.21. The van der Waals surface area contributed by atoms with Crippen LogP contribution in [0.1, 0.15) is 26.7 Å². The zero-order valence-electron chi connectivity index (χ0n) is 11.4. The summed E-state index contributed by atoms with van der Waals surface area (Å²) in [5, 5.41) is 4.69. The molecule has 1 fully saturated rings. The van der Waals surface area contributed by atoms with E-state index in [1.165, 1.54) is 7.05 Å². The summed E-state index contributed by atoms with van der Waals surface area (Å²) in [7, 11) is 1.49. The number of piperidine rings is 1. The maximum absolute atomic E-state index is 11.9. The quantitative estimate of drug-likeness (QED) is 0.657. The number of nitrogens with two attached hydrogens (primary N) is 1. The van der Waals surface area contributed by atoms with Gasteiger partial charge < -0.3 is 11.1 Å². The minimum absolute atomic E-state index is 0.212. The average molecular weight is 256 g/mol. The summed E-state index contributed by atoms with van der Waals surface area (Å²) in [6, 6.07) is -0.594. The first-order valence-electron chi connectivity index (χ1n) is 6.49. The number of nitrogens with one attached hydrogen (secondary N) is 2. The summed E-state index contributed by atoms with van der Waals surface area (Å²) in [4.78, 5) is 25.2. The molecule has 6 nitrogen and oxygen atoms in total. The third-order valence-electron chi connectivity index (χ3n) is 3.74. The average Bonchev–Trinajstić information content (AvgIpc) is 2.37. The number of hydrogen-bond donors (Lipinski definition) is 3. The van der Waals surface area contributed by atoms with Crippen molar-refractivity contribution in [2.45, 2.75) is 38.8 Å². The van der Waals surface area contributed by atoms with Crippen LogP contribution in [0.4, 0.5) is 4.79 Å². The molecule has 4 N–H and O–H groups in total. The Morgan fingerprint density at radius 3 is 2.72 bits per heavy atom. The standard InChI is InChI=1S/C12H24N4O2/c1-8-5-4-6-16(10(8)7-13)9(2)11(17)15-12(18)14-3/h8-10H,4-7,13H2,1-3H3,(H2,14,15,17,18). The Bertz CT molecular complexity index is 308. The highest BCUT2D eigenvalue weighted by atomic mass is 16.2. The van der Waals surface area contributed by atoms with Crippen molar-refractivity contribution in [3.63, 3.8) is 0 Å². The highest BCUT2D eigenvalue weighted by molar-refractivity contribution is 5.96. The Kier molecular flexibility index (Phi) is 5.55. The van der Waals surface area contributed by atoms with Crippen LogP contribution >= 0.6 is 0 Å². The molecular formula is C12H24N4O2. The molecule has 0 aromatic carbocycles. The van der Waals surface area contributed by atoms with Crippen LogP contribution in [-0.4, -0.2) is 49.1 Å². The van der Waals surface area contributed by atoms with Crippen LogP contribution in [-0.2, 0) is 4.79 Å². The lowest BCUT2D eigenvalue weighted by Gasteiger charge is -2.42. The number of carbonyl (C=O) groups is 2. The number of rotatable bonds is 3. The van der Waals surface area contributed by atoms with Crippen molar-refractivity contribution in [1.29, 1.82) is 0 Å². The van der Waals surface area contributed by atoms with Crippen LogP contribution in [0.3, 0.4) is 0 Å². The maximum atomic E-state index is 11.9. The molecule has 1 saturated heterocycles. The van der Waals surface area contributed by atoms with E-state index in [-0.39, 0.29) is 18.0 Å². The lowest BCUT2D eigenvalue weighted by atomic mass is 9.89. The van der Waals surface area contributed by atoms with E-state index in [9.17, 15) is 9.59 Å². The fourth-order valence-corrected chi connectivity index (χ4v) is 2.56. The van der Waals surface area contributed by atoms with Gasteiger partial charge in [0.1, 0.15) is 0 Å². The van der Waals surface area contributed by atoms with Gasteiger partial charge in [0, 0.05) is 19.6 Å². The molecule has 1 heterocycles. The van der Waals surface area contributed by atoms with E-state index in [1.807, 2.05) is 6.92 Å². The van der Waals surface area contributed by atoms with Crippen LogP contribution in [0.25, 0.3) is 0 Å². The molecule has 0 spiro atoms. The third kappa shape index (κ3) is 3.43. The Morgan fingerprint density at radius 2 is 2.17 bits per heavy atom. The van der Waals surface area contributed by atoms with Gasteiger partial charge in [-0.15, -0.1) is 0 Å². The minimum Gasteiger partial charge on any atom is -0.341 e. The molecule has 1 aliphatic rings. The molecule has 6 heteroatoms. The van der Waals surface area contributed by atoms with Crippen LogP contribution in [0.2, 0.25) is 0 Å². The van der Waals surface area contributed by atoms with Gasteiger partial charge in [0.25, 0.3) is 0 Å². The first-order chi connectivity index (χ1) is 8.51. The topological polar surface area (TPSA) is 87.5 Å². The molecule has 1 aliphatic heterocycles. The van der Waals surface area contributed by atoms with Crippen molar-refractivity contribution in [2.24, 2.45) is 11.7 Å². The normalized spacial score (nSPS) is 26.4. The molecule has 0 radical (unpaired) electrons. The fraction of sp³-hybridized carbons (Fsp3) is 0.833. The summed E-state index contributed by atoms with van der Waals surface area (Å²) in [6.45, 7) is 5.37. The van der Waals surface area contributed by atoms with Gasteiger partial charge in [-0.1, -0.05) is 6.92 Å². The van der Waals surface area contributed by atoms with E-state index in [1.54, 1.807) is 0 Å². The number of urea groups is 1. The molecule has 3 atom stereocenters. The minimum atomic E-state index is -0.471. The molecule has 18 heavy (non-hydrogen) atoms. The zero-order valence-corrected chi connectivity index (χ0v) is 11.4. The lowest BCUT2D eigenvalue weighted by molar-refractivity contribution is -0.126. The predicted octanol–water partition coefficient (Wildman–Crippen LogP) is -0.110. The summed E-state index contributed by atoms with van der Waals surface area (Å²) in [5.74, 6) is 0.209. The monoisotopic (exact) mass is 256 g/mol. The Balaban J connectivity index is 2.65. The highest BCUT2D eigenvalue weighted by Gasteiger charge is 2.33. The number of carbonyl (C=O) groups excluding carboxylic acids is 2. The molecule has 0 bridgehead atoms. The molecule has 0 saturated carbocycles. The van der Waals surface area contributed by atoms with E-state index in [4.69, 9.17) is 5.73 Å². The van der Waals surface area contributed by atoms with Crippen LogP contribution < -0.4 is 16.4 Å². The van der Waals surface area contributed by atoms with E-state index in [0.717, 1.165) is 19.4 Å². The second-order valence-corrected chi connectivity index (χ2v) is 4.90. The fourth-order valence-electron chi connectivity index (χ4n) is 2.56. The van der Waals surface area contributed by atoms with Crippen molar-refractivity contribution in [1.82, 2.24) is 15.5 Å². The number of hydrogen-bond acceptors (Lipinski definition) is 4. The Labute approximate surface area is 108 Å². The summed E-state index contributed by atoms with van der Waals surface area (Å²) >= 11 is 0. The van der Waals surface area contributed by atoms with Gasteiger partial charge in [-0.05, 0) is 32.2 Å². The van der Waals surface area contributed by atoms with Gasteiger partial charge >= 0.3 is 6.03 Å². The molecule has 3 unspecified atom stereocenters. The molecule has 3 amide bonds. The van der Waals surface area contributed by atoms with E-state index in [0.29, 0.717) is 12.5 Å². The highest BCUT2D eigenvalue weighted by Crippen LogP contribution is 2.24. The smallest absolute Gasteiger partial charge is 0.321 e. The van der Waals surface area contributed by atoms with Crippen molar-refractivity contribution in [2.75, 3.05) is 20.1 Å². The van der Waals surface area contributed by atoms with Gasteiger partial charge in [0.05, 0.1) is 6.04 Å². The number of nitrogens with zero attached hydrogens (tertiary/aromatic N) is 1. The third-order valence-corrected chi connectivity index (χ3v) is 3.74. The Morgan fingerprint density at radius 1 is 1.50 bits per heavy atom.